The van der Waals surface area contributed by atoms with Gasteiger partial charge in [-0.15, -0.1) is 11.3 Å². The highest BCUT2D eigenvalue weighted by molar-refractivity contribution is 7.09. The molecule has 2 amide bonds. The van der Waals surface area contributed by atoms with E-state index in [9.17, 15) is 9.59 Å². The van der Waals surface area contributed by atoms with E-state index in [0.29, 0.717) is 26.1 Å². The summed E-state index contributed by atoms with van der Waals surface area (Å²) in [6.45, 7) is 1.85. The monoisotopic (exact) mass is 357 g/mol. The summed E-state index contributed by atoms with van der Waals surface area (Å²) >= 11 is 1.54. The van der Waals surface area contributed by atoms with E-state index in [-0.39, 0.29) is 18.4 Å². The molecule has 2 aromatic rings. The summed E-state index contributed by atoms with van der Waals surface area (Å²) in [4.78, 5) is 32.9. The van der Waals surface area contributed by atoms with Crippen molar-refractivity contribution in [3.8, 4) is 0 Å². The molecule has 1 fully saturated rings. The number of aromatic nitrogens is 1. The number of nitrogens with zero attached hydrogens (tertiary/aromatic N) is 3. The van der Waals surface area contributed by atoms with Crippen LogP contribution >= 0.6 is 11.3 Å². The highest BCUT2D eigenvalue weighted by Gasteiger charge is 2.23. The normalized spacial score (nSPS) is 15.0. The smallest absolute Gasteiger partial charge is 0.242 e. The number of likely N-dealkylation sites (tertiary alicyclic amines) is 1. The van der Waals surface area contributed by atoms with Crippen molar-refractivity contribution in [2.24, 2.45) is 0 Å². The number of benzene rings is 1. The Balaban J connectivity index is 1.70. The highest BCUT2D eigenvalue weighted by atomic mass is 32.1. The molecule has 1 aliphatic heterocycles. The van der Waals surface area contributed by atoms with Gasteiger partial charge in [0.05, 0.1) is 13.1 Å². The Bertz CT molecular complexity index is 688. The molecule has 1 saturated heterocycles. The molecule has 6 heteroatoms. The topological polar surface area (TPSA) is 53.5 Å². The Morgan fingerprint density at radius 1 is 1.16 bits per heavy atom. The molecule has 0 radical (unpaired) electrons. The maximum Gasteiger partial charge on any atom is 0.242 e. The summed E-state index contributed by atoms with van der Waals surface area (Å²) in [5.41, 5.74) is 1.08. The minimum absolute atomic E-state index is 0.0192. The quantitative estimate of drug-likeness (QED) is 0.798. The third-order valence-corrected chi connectivity index (χ3v) is 5.14. The average molecular weight is 357 g/mol. The first-order chi connectivity index (χ1) is 12.2. The fraction of sp³-hybridized carbons (Fsp3) is 0.421. The molecule has 1 aromatic carbocycles. The van der Waals surface area contributed by atoms with Crippen LogP contribution < -0.4 is 0 Å². The number of carbonyl (C=O) groups is 2. The minimum Gasteiger partial charge on any atom is -0.333 e. The molecule has 0 unspecified atom stereocenters. The van der Waals surface area contributed by atoms with Crippen LogP contribution in [0.3, 0.4) is 0 Å². The van der Waals surface area contributed by atoms with Gasteiger partial charge >= 0.3 is 0 Å². The molecule has 0 bridgehead atoms. The van der Waals surface area contributed by atoms with Crippen LogP contribution in [0, 0.1) is 0 Å². The Hall–Kier alpha value is -2.21. The maximum absolute atomic E-state index is 12.9. The Kier molecular flexibility index (Phi) is 6.17. The highest BCUT2D eigenvalue weighted by Crippen LogP contribution is 2.15. The molecule has 132 valence electrons. The Morgan fingerprint density at radius 2 is 2.00 bits per heavy atom. The molecule has 0 atom stereocenters. The number of hydrogen-bond donors (Lipinski definition) is 0. The van der Waals surface area contributed by atoms with Crippen molar-refractivity contribution in [1.82, 2.24) is 14.8 Å². The molecule has 0 saturated carbocycles. The lowest BCUT2D eigenvalue weighted by Crippen LogP contribution is -2.42. The van der Waals surface area contributed by atoms with E-state index in [1.165, 1.54) is 0 Å². The second-order valence-electron chi connectivity index (χ2n) is 6.29. The van der Waals surface area contributed by atoms with Gasteiger partial charge in [-0.25, -0.2) is 4.98 Å². The molecule has 5 nitrogen and oxygen atoms in total. The van der Waals surface area contributed by atoms with E-state index >= 15 is 0 Å². The second kappa shape index (κ2) is 8.76. The van der Waals surface area contributed by atoms with Crippen molar-refractivity contribution in [3.05, 3.63) is 52.5 Å². The van der Waals surface area contributed by atoms with Gasteiger partial charge in [-0.2, -0.15) is 0 Å². The predicted octanol–water partition coefficient (Wildman–Crippen LogP) is 3.07. The fourth-order valence-electron chi connectivity index (χ4n) is 3.00. The van der Waals surface area contributed by atoms with Crippen LogP contribution in [0.15, 0.2) is 41.9 Å². The summed E-state index contributed by atoms with van der Waals surface area (Å²) < 4.78 is 0. The molecule has 25 heavy (non-hydrogen) atoms. The van der Waals surface area contributed by atoms with Crippen molar-refractivity contribution in [3.63, 3.8) is 0 Å². The number of thiazole rings is 1. The van der Waals surface area contributed by atoms with Crippen molar-refractivity contribution in [2.75, 3.05) is 13.1 Å². The molecule has 0 aliphatic carbocycles. The van der Waals surface area contributed by atoms with Gasteiger partial charge in [0, 0.05) is 31.1 Å². The molecule has 0 spiro atoms. The lowest BCUT2D eigenvalue weighted by Gasteiger charge is -2.26. The van der Waals surface area contributed by atoms with Crippen LogP contribution in [0.4, 0.5) is 0 Å². The van der Waals surface area contributed by atoms with Crippen LogP contribution in [0.25, 0.3) is 0 Å². The van der Waals surface area contributed by atoms with Crippen molar-refractivity contribution in [2.45, 2.75) is 38.8 Å². The first-order valence-electron chi connectivity index (χ1n) is 8.70. The van der Waals surface area contributed by atoms with Crippen LogP contribution in [0.2, 0.25) is 0 Å². The maximum atomic E-state index is 12.9. The third-order valence-electron chi connectivity index (χ3n) is 4.38. The van der Waals surface area contributed by atoms with Gasteiger partial charge in [0.15, 0.2) is 0 Å². The van der Waals surface area contributed by atoms with E-state index < -0.39 is 0 Å². The van der Waals surface area contributed by atoms with Gasteiger partial charge in [0.1, 0.15) is 5.01 Å². The van der Waals surface area contributed by atoms with Gasteiger partial charge in [-0.05, 0) is 18.4 Å². The zero-order valence-corrected chi connectivity index (χ0v) is 15.1. The minimum atomic E-state index is -0.0192. The molecule has 0 N–H and O–H groups in total. The molecular weight excluding hydrogens is 334 g/mol. The zero-order valence-electron chi connectivity index (χ0n) is 14.3. The summed E-state index contributed by atoms with van der Waals surface area (Å²) in [6, 6.07) is 9.93. The molecular formula is C19H23N3O2S. The molecule has 2 heterocycles. The first kappa shape index (κ1) is 17.6. The van der Waals surface area contributed by atoms with Crippen molar-refractivity contribution in [1.29, 1.82) is 0 Å². The molecule has 3 rings (SSSR count). The SMILES string of the molecule is O=C1CCCCCN1CC(=O)N(Cc1ccccc1)Cc1nccs1. The van der Waals surface area contributed by atoms with Gasteiger partial charge in [0.2, 0.25) is 11.8 Å². The number of rotatable bonds is 6. The van der Waals surface area contributed by atoms with Crippen LogP contribution in [0.1, 0.15) is 36.3 Å². The van der Waals surface area contributed by atoms with E-state index in [2.05, 4.69) is 4.98 Å². The van der Waals surface area contributed by atoms with Crippen LogP contribution in [0.5, 0.6) is 0 Å². The summed E-state index contributed by atoms with van der Waals surface area (Å²) in [5.74, 6) is 0.0778. The number of hydrogen-bond acceptors (Lipinski definition) is 4. The predicted molar refractivity (Wildman–Crippen MR) is 97.9 cm³/mol. The fourth-order valence-corrected chi connectivity index (χ4v) is 3.63. The van der Waals surface area contributed by atoms with Gasteiger partial charge < -0.3 is 9.80 Å². The summed E-state index contributed by atoms with van der Waals surface area (Å²) in [5, 5.41) is 2.82. The largest absolute Gasteiger partial charge is 0.333 e. The van der Waals surface area contributed by atoms with Crippen molar-refractivity contribution >= 4 is 23.2 Å². The average Bonchev–Trinajstić information content (AvgIpc) is 3.05. The van der Waals surface area contributed by atoms with Gasteiger partial charge in [0.25, 0.3) is 0 Å². The standard InChI is InChI=1S/C19H23N3O2S/c23-18-9-5-2-6-11-21(18)15-19(24)22(14-17-20-10-12-25-17)13-16-7-3-1-4-8-16/h1,3-4,7-8,10,12H,2,5-6,9,11,13-15H2. The van der Waals surface area contributed by atoms with Gasteiger partial charge in [-0.3, -0.25) is 9.59 Å². The Morgan fingerprint density at radius 3 is 2.76 bits per heavy atom. The van der Waals surface area contributed by atoms with Crippen LogP contribution in [-0.4, -0.2) is 39.7 Å². The second-order valence-corrected chi connectivity index (χ2v) is 7.27. The first-order valence-corrected chi connectivity index (χ1v) is 9.58. The lowest BCUT2D eigenvalue weighted by molar-refractivity contribution is -0.141. The Labute approximate surface area is 152 Å². The number of carbonyl (C=O) groups excluding carboxylic acids is 2. The zero-order chi connectivity index (χ0) is 17.5. The van der Waals surface area contributed by atoms with E-state index in [1.807, 2.05) is 35.7 Å². The molecule has 1 aromatic heterocycles. The van der Waals surface area contributed by atoms with E-state index in [4.69, 9.17) is 0 Å². The van der Waals surface area contributed by atoms with Crippen molar-refractivity contribution < 1.29 is 9.59 Å². The summed E-state index contributed by atoms with van der Waals surface area (Å²) in [7, 11) is 0. The van der Waals surface area contributed by atoms with Gasteiger partial charge in [-0.1, -0.05) is 36.8 Å². The summed E-state index contributed by atoms with van der Waals surface area (Å²) in [6.07, 6.45) is 5.27. The lowest BCUT2D eigenvalue weighted by atomic mass is 10.2. The van der Waals surface area contributed by atoms with Crippen LogP contribution in [-0.2, 0) is 22.7 Å². The molecule has 1 aliphatic rings. The third kappa shape index (κ3) is 5.13. The van der Waals surface area contributed by atoms with E-state index in [0.717, 1.165) is 29.8 Å². The number of amides is 2. The van der Waals surface area contributed by atoms with E-state index in [1.54, 1.807) is 27.3 Å².